The lowest BCUT2D eigenvalue weighted by Gasteiger charge is -2.22. The molecule has 0 unspecified atom stereocenters. The molecule has 31 heavy (non-hydrogen) atoms. The van der Waals surface area contributed by atoms with Gasteiger partial charge in [0.2, 0.25) is 0 Å². The number of fused-ring (bicyclic) bond motifs is 2. The van der Waals surface area contributed by atoms with Gasteiger partial charge in [-0.2, -0.15) is 0 Å². The van der Waals surface area contributed by atoms with Crippen LogP contribution in [0.1, 0.15) is 52.1 Å². The molecule has 1 spiro atoms. The maximum atomic E-state index is 13.3. The minimum Gasteiger partial charge on any atom is -0.376 e. The number of hydrogen-bond acceptors (Lipinski definition) is 4. The Morgan fingerprint density at radius 1 is 1.26 bits per heavy atom. The molecule has 2 saturated heterocycles. The lowest BCUT2D eigenvalue weighted by atomic mass is 9.92. The van der Waals surface area contributed by atoms with Crippen molar-refractivity contribution in [1.29, 1.82) is 0 Å². The second kappa shape index (κ2) is 7.34. The van der Waals surface area contributed by atoms with Crippen molar-refractivity contribution in [2.45, 2.75) is 57.7 Å². The number of hydrogen-bond donors (Lipinski definition) is 1. The van der Waals surface area contributed by atoms with E-state index in [1.807, 2.05) is 44.2 Å². The van der Waals surface area contributed by atoms with E-state index in [9.17, 15) is 14.4 Å². The van der Waals surface area contributed by atoms with Gasteiger partial charge >= 0.3 is 6.03 Å². The Hall–Kier alpha value is -2.93. The number of amides is 3. The van der Waals surface area contributed by atoms with E-state index in [1.54, 1.807) is 0 Å². The van der Waals surface area contributed by atoms with E-state index < -0.39 is 11.6 Å². The van der Waals surface area contributed by atoms with Crippen molar-refractivity contribution in [1.82, 2.24) is 14.8 Å². The maximum absolute atomic E-state index is 13.3. The molecular formula is C24H27N3O4. The Labute approximate surface area is 181 Å². The number of benzene rings is 1. The molecule has 1 aromatic heterocycles. The number of ether oxygens (including phenoxy) is 1. The molecular weight excluding hydrogens is 394 g/mol. The van der Waals surface area contributed by atoms with Gasteiger partial charge in [0, 0.05) is 30.1 Å². The topological polar surface area (TPSA) is 80.6 Å². The zero-order valence-electron chi connectivity index (χ0n) is 17.9. The molecule has 3 amide bonds. The third-order valence-corrected chi connectivity index (χ3v) is 7.01. The predicted octanol–water partition coefficient (Wildman–Crippen LogP) is 2.86. The van der Waals surface area contributed by atoms with Crippen LogP contribution in [0.2, 0.25) is 0 Å². The highest BCUT2D eigenvalue weighted by molar-refractivity contribution is 6.12. The number of carbonyl (C=O) groups excluding carboxylic acids is 3. The fourth-order valence-corrected chi connectivity index (χ4v) is 5.32. The average Bonchev–Trinajstić information content (AvgIpc) is 3.51. The van der Waals surface area contributed by atoms with E-state index in [4.69, 9.17) is 4.74 Å². The number of nitrogens with zero attached hydrogens (tertiary/aromatic N) is 2. The first-order valence-corrected chi connectivity index (χ1v) is 10.9. The van der Waals surface area contributed by atoms with E-state index >= 15 is 0 Å². The number of aromatic nitrogens is 1. The van der Waals surface area contributed by atoms with Crippen LogP contribution >= 0.6 is 0 Å². The molecule has 0 saturated carbocycles. The van der Waals surface area contributed by atoms with Crippen molar-refractivity contribution in [3.63, 3.8) is 0 Å². The number of imide groups is 1. The third-order valence-electron chi connectivity index (χ3n) is 7.01. The Morgan fingerprint density at radius 2 is 2.06 bits per heavy atom. The number of rotatable bonds is 5. The first kappa shape index (κ1) is 20.0. The predicted molar refractivity (Wildman–Crippen MR) is 114 cm³/mol. The Kier molecular flexibility index (Phi) is 4.73. The number of Topliss-reactive ketones (excluding diaryl/α,β-unsaturated/α-hetero) is 1. The zero-order chi connectivity index (χ0) is 21.8. The standard InChI is InChI=1S/C24H27N3O4/c1-15-12-19(16(2)26(15)13-18-7-5-11-31-18)21(28)14-27-22(29)24(25-23(27)30)10-9-17-6-3-4-8-20(17)24/h3-4,6,8,12,18H,5,7,9-11,13-14H2,1-2H3,(H,25,30)/t18-,24-/m1/s1. The average molecular weight is 421 g/mol. The van der Waals surface area contributed by atoms with Gasteiger partial charge in [0.15, 0.2) is 5.78 Å². The molecule has 3 aliphatic rings. The minimum absolute atomic E-state index is 0.168. The molecule has 2 aliphatic heterocycles. The Balaban J connectivity index is 1.37. The van der Waals surface area contributed by atoms with Crippen LogP contribution in [0, 0.1) is 13.8 Å². The number of carbonyl (C=O) groups is 3. The van der Waals surface area contributed by atoms with Crippen LogP contribution in [0.4, 0.5) is 4.79 Å². The molecule has 162 valence electrons. The van der Waals surface area contributed by atoms with Crippen molar-refractivity contribution >= 4 is 17.7 Å². The van der Waals surface area contributed by atoms with Crippen molar-refractivity contribution in [2.24, 2.45) is 0 Å². The second-order valence-corrected chi connectivity index (χ2v) is 8.84. The van der Waals surface area contributed by atoms with E-state index in [0.29, 0.717) is 18.5 Å². The quantitative estimate of drug-likeness (QED) is 0.595. The number of ketones is 1. The first-order valence-electron chi connectivity index (χ1n) is 10.9. The van der Waals surface area contributed by atoms with Gasteiger partial charge in [0.25, 0.3) is 5.91 Å². The molecule has 1 N–H and O–H groups in total. The van der Waals surface area contributed by atoms with Crippen LogP contribution in [0.3, 0.4) is 0 Å². The van der Waals surface area contributed by atoms with E-state index in [0.717, 1.165) is 53.3 Å². The largest absolute Gasteiger partial charge is 0.376 e. The van der Waals surface area contributed by atoms with Gasteiger partial charge < -0.3 is 14.6 Å². The van der Waals surface area contributed by atoms with Crippen LogP contribution in [-0.4, -0.2) is 46.4 Å². The first-order chi connectivity index (χ1) is 14.9. The fourth-order valence-electron chi connectivity index (χ4n) is 5.32. The zero-order valence-corrected chi connectivity index (χ0v) is 17.9. The van der Waals surface area contributed by atoms with Gasteiger partial charge in [-0.15, -0.1) is 0 Å². The minimum atomic E-state index is -1.04. The molecule has 1 aliphatic carbocycles. The number of aryl methyl sites for hydroxylation is 2. The lowest BCUT2D eigenvalue weighted by Crippen LogP contribution is -2.42. The summed E-state index contributed by atoms with van der Waals surface area (Å²) < 4.78 is 7.84. The summed E-state index contributed by atoms with van der Waals surface area (Å²) in [5.41, 5.74) is 3.27. The molecule has 2 atom stereocenters. The van der Waals surface area contributed by atoms with E-state index in [2.05, 4.69) is 9.88 Å². The van der Waals surface area contributed by atoms with Crippen molar-refractivity contribution in [2.75, 3.05) is 13.2 Å². The summed E-state index contributed by atoms with van der Waals surface area (Å²) in [5, 5.41) is 2.89. The molecule has 7 nitrogen and oxygen atoms in total. The van der Waals surface area contributed by atoms with Gasteiger partial charge in [-0.05, 0) is 56.7 Å². The summed E-state index contributed by atoms with van der Waals surface area (Å²) in [6.45, 7) is 5.13. The van der Waals surface area contributed by atoms with Crippen LogP contribution in [0.5, 0.6) is 0 Å². The van der Waals surface area contributed by atoms with Gasteiger partial charge in [-0.25, -0.2) is 4.79 Å². The van der Waals surface area contributed by atoms with Gasteiger partial charge in [-0.1, -0.05) is 24.3 Å². The van der Waals surface area contributed by atoms with Crippen LogP contribution < -0.4 is 5.32 Å². The SMILES string of the molecule is Cc1cc(C(=O)CN2C(=O)N[C@@]3(CCc4ccccc43)C2=O)c(C)n1C[C@H]1CCCO1. The molecule has 5 rings (SSSR count). The van der Waals surface area contributed by atoms with Crippen molar-refractivity contribution in [3.8, 4) is 0 Å². The molecule has 0 radical (unpaired) electrons. The van der Waals surface area contributed by atoms with Crippen molar-refractivity contribution < 1.29 is 19.1 Å². The molecule has 2 fully saturated rings. The summed E-state index contributed by atoms with van der Waals surface area (Å²) in [4.78, 5) is 40.3. The smallest absolute Gasteiger partial charge is 0.325 e. The van der Waals surface area contributed by atoms with Gasteiger partial charge in [-0.3, -0.25) is 14.5 Å². The highest BCUT2D eigenvalue weighted by atomic mass is 16.5. The molecule has 0 bridgehead atoms. The van der Waals surface area contributed by atoms with Crippen LogP contribution in [0.25, 0.3) is 0 Å². The third kappa shape index (κ3) is 3.10. The van der Waals surface area contributed by atoms with Crippen molar-refractivity contribution in [3.05, 3.63) is 58.4 Å². The summed E-state index contributed by atoms with van der Waals surface area (Å²) in [5.74, 6) is -0.553. The van der Waals surface area contributed by atoms with E-state index in [-0.39, 0.29) is 24.3 Å². The number of nitrogens with one attached hydrogen (secondary N) is 1. The molecule has 3 heterocycles. The summed E-state index contributed by atoms with van der Waals surface area (Å²) in [7, 11) is 0. The van der Waals surface area contributed by atoms with Gasteiger partial charge in [0.1, 0.15) is 5.54 Å². The van der Waals surface area contributed by atoms with Crippen LogP contribution in [-0.2, 0) is 28.0 Å². The summed E-state index contributed by atoms with van der Waals surface area (Å²) in [6, 6.07) is 9.05. The van der Waals surface area contributed by atoms with Crippen LogP contribution in [0.15, 0.2) is 30.3 Å². The Bertz CT molecular complexity index is 1080. The van der Waals surface area contributed by atoms with E-state index in [1.165, 1.54) is 0 Å². The monoisotopic (exact) mass is 421 g/mol. The highest BCUT2D eigenvalue weighted by Crippen LogP contribution is 2.41. The highest BCUT2D eigenvalue weighted by Gasteiger charge is 2.55. The summed E-state index contributed by atoms with van der Waals surface area (Å²) in [6.07, 6.45) is 3.51. The normalized spacial score (nSPS) is 24.8. The van der Waals surface area contributed by atoms with Gasteiger partial charge in [0.05, 0.1) is 12.6 Å². The number of urea groups is 1. The Morgan fingerprint density at radius 3 is 2.84 bits per heavy atom. The fraction of sp³-hybridized carbons (Fsp3) is 0.458. The summed E-state index contributed by atoms with van der Waals surface area (Å²) >= 11 is 0. The molecule has 2 aromatic rings. The molecule has 1 aromatic carbocycles. The maximum Gasteiger partial charge on any atom is 0.325 e. The molecule has 7 heteroatoms. The lowest BCUT2D eigenvalue weighted by molar-refractivity contribution is -0.131. The second-order valence-electron chi connectivity index (χ2n) is 8.84.